The minimum absolute atomic E-state index is 0. The van der Waals surface area contributed by atoms with Crippen molar-refractivity contribution in [2.24, 2.45) is 5.73 Å². The second-order valence-corrected chi connectivity index (χ2v) is 5.80. The highest BCUT2D eigenvalue weighted by Crippen LogP contribution is 2.15. The second kappa shape index (κ2) is 8.92. The van der Waals surface area contributed by atoms with E-state index < -0.39 is 6.04 Å². The van der Waals surface area contributed by atoms with Gasteiger partial charge in [-0.05, 0) is 24.1 Å². The summed E-state index contributed by atoms with van der Waals surface area (Å²) < 4.78 is 2.76. The average Bonchev–Trinajstić information content (AvgIpc) is 2.86. The molecule has 0 aliphatic carbocycles. The van der Waals surface area contributed by atoms with E-state index in [4.69, 9.17) is 5.73 Å². The van der Waals surface area contributed by atoms with Crippen LogP contribution in [0, 0.1) is 0 Å². The Labute approximate surface area is 144 Å². The van der Waals surface area contributed by atoms with Crippen LogP contribution in [0.1, 0.15) is 25.3 Å². The van der Waals surface area contributed by atoms with E-state index in [1.54, 1.807) is 16.9 Å². The van der Waals surface area contributed by atoms with Gasteiger partial charge in [-0.2, -0.15) is 5.10 Å². The molecule has 2 rings (SSSR count). The molecule has 1 aromatic heterocycles. The summed E-state index contributed by atoms with van der Waals surface area (Å²) in [6.45, 7) is 2.59. The molecule has 1 aromatic carbocycles. The number of halogens is 2. The quantitative estimate of drug-likeness (QED) is 0.799. The van der Waals surface area contributed by atoms with Crippen LogP contribution in [0.4, 0.5) is 5.82 Å². The Balaban J connectivity index is 0.00000242. The monoisotopic (exact) mass is 386 g/mol. The zero-order valence-electron chi connectivity index (χ0n) is 12.3. The van der Waals surface area contributed by atoms with Crippen molar-refractivity contribution in [3.8, 4) is 0 Å². The summed E-state index contributed by atoms with van der Waals surface area (Å²) in [6, 6.07) is 9.27. The molecule has 0 bridgehead atoms. The number of nitrogens with two attached hydrogens (primary N) is 1. The van der Waals surface area contributed by atoms with Crippen LogP contribution in [0.3, 0.4) is 0 Å². The van der Waals surface area contributed by atoms with E-state index in [0.29, 0.717) is 18.8 Å². The lowest BCUT2D eigenvalue weighted by Crippen LogP contribution is -2.36. The highest BCUT2D eigenvalue weighted by Gasteiger charge is 2.14. The molecule has 1 heterocycles. The first-order valence-electron chi connectivity index (χ1n) is 6.93. The summed E-state index contributed by atoms with van der Waals surface area (Å²) in [6.07, 6.45) is 3.22. The number of anilines is 1. The molecule has 5 nitrogen and oxygen atoms in total. The van der Waals surface area contributed by atoms with Crippen LogP contribution in [0.15, 0.2) is 41.0 Å². The van der Waals surface area contributed by atoms with E-state index >= 15 is 0 Å². The number of rotatable bonds is 6. The van der Waals surface area contributed by atoms with E-state index in [0.717, 1.165) is 16.5 Å². The number of hydrogen-bond acceptors (Lipinski definition) is 3. The number of carbonyl (C=O) groups excluding carboxylic acids is 1. The van der Waals surface area contributed by atoms with Crippen molar-refractivity contribution < 1.29 is 4.79 Å². The third-order valence-electron chi connectivity index (χ3n) is 3.13. The standard InChI is InChI=1S/C15H19BrN4O.ClH/c1-2-4-13(17)15(21)19-14-7-8-18-20(14)10-11-5-3-6-12(16)9-11;/h3,5-9,13H,2,4,10,17H2,1H3,(H,19,21);1H. The highest BCUT2D eigenvalue weighted by atomic mass is 79.9. The third kappa shape index (κ3) is 5.12. The number of amides is 1. The van der Waals surface area contributed by atoms with Crippen molar-refractivity contribution in [1.82, 2.24) is 9.78 Å². The predicted octanol–water partition coefficient (Wildman–Crippen LogP) is 3.18. The maximum atomic E-state index is 12.0. The van der Waals surface area contributed by atoms with Crippen LogP contribution in [0.25, 0.3) is 0 Å². The first-order chi connectivity index (χ1) is 10.1. The van der Waals surface area contributed by atoms with Crippen LogP contribution in [-0.4, -0.2) is 21.7 Å². The van der Waals surface area contributed by atoms with Crippen LogP contribution >= 0.6 is 28.3 Å². The predicted molar refractivity (Wildman–Crippen MR) is 94.2 cm³/mol. The summed E-state index contributed by atoms with van der Waals surface area (Å²) >= 11 is 3.45. The molecule has 0 saturated heterocycles. The number of carbonyl (C=O) groups is 1. The maximum Gasteiger partial charge on any atom is 0.242 e. The fourth-order valence-electron chi connectivity index (χ4n) is 2.03. The van der Waals surface area contributed by atoms with Gasteiger partial charge in [-0.1, -0.05) is 41.4 Å². The van der Waals surface area contributed by atoms with Gasteiger partial charge in [0, 0.05) is 10.5 Å². The zero-order chi connectivity index (χ0) is 15.2. The average molecular weight is 388 g/mol. The van der Waals surface area contributed by atoms with Gasteiger partial charge in [-0.3, -0.25) is 4.79 Å². The van der Waals surface area contributed by atoms with Crippen molar-refractivity contribution in [2.45, 2.75) is 32.4 Å². The highest BCUT2D eigenvalue weighted by molar-refractivity contribution is 9.10. The molecule has 0 radical (unpaired) electrons. The zero-order valence-corrected chi connectivity index (χ0v) is 14.7. The molecule has 0 saturated carbocycles. The Morgan fingerprint density at radius 3 is 2.91 bits per heavy atom. The minimum atomic E-state index is -0.482. The summed E-state index contributed by atoms with van der Waals surface area (Å²) in [4.78, 5) is 12.0. The number of benzene rings is 1. The molecular formula is C15H20BrClN4O. The molecule has 0 aliphatic heterocycles. The molecule has 1 unspecified atom stereocenters. The van der Waals surface area contributed by atoms with Crippen molar-refractivity contribution in [3.05, 3.63) is 46.6 Å². The first kappa shape index (κ1) is 18.7. The Bertz CT molecular complexity index is 617. The molecule has 3 N–H and O–H groups in total. The van der Waals surface area contributed by atoms with Gasteiger partial charge in [0.1, 0.15) is 5.82 Å². The van der Waals surface area contributed by atoms with Gasteiger partial charge < -0.3 is 11.1 Å². The van der Waals surface area contributed by atoms with Crippen LogP contribution in [-0.2, 0) is 11.3 Å². The smallest absolute Gasteiger partial charge is 0.242 e. The summed E-state index contributed by atoms with van der Waals surface area (Å²) in [5, 5.41) is 7.08. The molecule has 0 fully saturated rings. The topological polar surface area (TPSA) is 72.9 Å². The number of hydrogen-bond donors (Lipinski definition) is 2. The van der Waals surface area contributed by atoms with Gasteiger partial charge in [0.2, 0.25) is 5.91 Å². The van der Waals surface area contributed by atoms with Crippen molar-refractivity contribution >= 4 is 40.1 Å². The molecular weight excluding hydrogens is 368 g/mol. The van der Waals surface area contributed by atoms with Crippen molar-refractivity contribution in [1.29, 1.82) is 0 Å². The fourth-order valence-corrected chi connectivity index (χ4v) is 2.48. The van der Waals surface area contributed by atoms with E-state index in [9.17, 15) is 4.79 Å². The molecule has 7 heteroatoms. The van der Waals surface area contributed by atoms with Gasteiger partial charge >= 0.3 is 0 Å². The SMILES string of the molecule is CCCC(N)C(=O)Nc1ccnn1Cc1cccc(Br)c1.Cl. The Hall–Kier alpha value is -1.37. The summed E-state index contributed by atoms with van der Waals surface area (Å²) in [7, 11) is 0. The largest absolute Gasteiger partial charge is 0.320 e. The fraction of sp³-hybridized carbons (Fsp3) is 0.333. The number of nitrogens with zero attached hydrogens (tertiary/aromatic N) is 2. The first-order valence-corrected chi connectivity index (χ1v) is 7.72. The van der Waals surface area contributed by atoms with Crippen molar-refractivity contribution in [3.63, 3.8) is 0 Å². The van der Waals surface area contributed by atoms with E-state index in [2.05, 4.69) is 26.3 Å². The lowest BCUT2D eigenvalue weighted by atomic mass is 10.2. The van der Waals surface area contributed by atoms with Gasteiger partial charge in [-0.15, -0.1) is 12.4 Å². The molecule has 1 amide bonds. The number of aromatic nitrogens is 2. The van der Waals surface area contributed by atoms with Gasteiger partial charge in [0.25, 0.3) is 0 Å². The normalized spacial score (nSPS) is 11.6. The van der Waals surface area contributed by atoms with E-state index in [-0.39, 0.29) is 18.3 Å². The molecule has 0 aliphatic rings. The summed E-state index contributed by atoms with van der Waals surface area (Å²) in [5.74, 6) is 0.486. The third-order valence-corrected chi connectivity index (χ3v) is 3.62. The lowest BCUT2D eigenvalue weighted by molar-refractivity contribution is -0.117. The second-order valence-electron chi connectivity index (χ2n) is 4.89. The summed E-state index contributed by atoms with van der Waals surface area (Å²) in [5.41, 5.74) is 6.92. The molecule has 120 valence electrons. The molecule has 1 atom stereocenters. The van der Waals surface area contributed by atoms with Crippen LogP contribution in [0.5, 0.6) is 0 Å². The lowest BCUT2D eigenvalue weighted by Gasteiger charge is -2.13. The molecule has 22 heavy (non-hydrogen) atoms. The van der Waals surface area contributed by atoms with Crippen molar-refractivity contribution in [2.75, 3.05) is 5.32 Å². The maximum absolute atomic E-state index is 12.0. The van der Waals surface area contributed by atoms with Gasteiger partial charge in [-0.25, -0.2) is 4.68 Å². The Kier molecular flexibility index (Phi) is 7.58. The van der Waals surface area contributed by atoms with E-state index in [1.165, 1.54) is 0 Å². The van der Waals surface area contributed by atoms with Crippen LogP contribution < -0.4 is 11.1 Å². The minimum Gasteiger partial charge on any atom is -0.320 e. The molecule has 0 spiro atoms. The Morgan fingerprint density at radius 2 is 2.23 bits per heavy atom. The van der Waals surface area contributed by atoms with Crippen LogP contribution in [0.2, 0.25) is 0 Å². The van der Waals surface area contributed by atoms with Gasteiger partial charge in [0.05, 0.1) is 18.8 Å². The van der Waals surface area contributed by atoms with Gasteiger partial charge in [0.15, 0.2) is 0 Å². The molecule has 2 aromatic rings. The van der Waals surface area contributed by atoms with E-state index in [1.807, 2.05) is 31.2 Å². The number of nitrogens with one attached hydrogen (secondary N) is 1. The Morgan fingerprint density at radius 1 is 1.45 bits per heavy atom.